The molecular formula is C9H15F3O2. The van der Waals surface area contributed by atoms with Gasteiger partial charge in [-0.2, -0.15) is 13.2 Å². The summed E-state index contributed by atoms with van der Waals surface area (Å²) < 4.78 is 41.3. The number of hydrogen-bond acceptors (Lipinski definition) is 2. The van der Waals surface area contributed by atoms with E-state index in [-0.39, 0.29) is 6.10 Å². The van der Waals surface area contributed by atoms with Gasteiger partial charge in [-0.1, -0.05) is 13.8 Å². The van der Waals surface area contributed by atoms with Gasteiger partial charge in [0, 0.05) is 0 Å². The Morgan fingerprint density at radius 2 is 1.57 bits per heavy atom. The summed E-state index contributed by atoms with van der Waals surface area (Å²) in [6.45, 7) is 5.40. The highest BCUT2D eigenvalue weighted by atomic mass is 19.4. The van der Waals surface area contributed by atoms with Crippen LogP contribution in [0.15, 0.2) is 0 Å². The van der Waals surface area contributed by atoms with Crippen LogP contribution in [-0.2, 0) is 9.53 Å². The summed E-state index contributed by atoms with van der Waals surface area (Å²) in [6, 6.07) is 0. The number of esters is 1. The van der Waals surface area contributed by atoms with E-state index in [0.717, 1.165) is 6.92 Å². The fourth-order valence-electron chi connectivity index (χ4n) is 0.827. The molecule has 0 aliphatic rings. The molecule has 0 saturated carbocycles. The Morgan fingerprint density at radius 3 is 1.86 bits per heavy atom. The molecule has 0 fully saturated rings. The van der Waals surface area contributed by atoms with Gasteiger partial charge in [0.15, 0.2) is 0 Å². The summed E-state index contributed by atoms with van der Waals surface area (Å²) in [4.78, 5) is 11.1. The minimum absolute atomic E-state index is 0.384. The van der Waals surface area contributed by atoms with E-state index in [0.29, 0.717) is 0 Å². The van der Waals surface area contributed by atoms with Gasteiger partial charge in [-0.15, -0.1) is 0 Å². The van der Waals surface area contributed by atoms with Crippen LogP contribution >= 0.6 is 0 Å². The summed E-state index contributed by atoms with van der Waals surface area (Å²) in [6.07, 6.45) is -4.74. The lowest BCUT2D eigenvalue weighted by atomic mass is 9.96. The van der Waals surface area contributed by atoms with Gasteiger partial charge in [-0.3, -0.25) is 4.79 Å². The zero-order valence-electron chi connectivity index (χ0n) is 8.68. The number of carbonyl (C=O) groups excluding carboxylic acids is 1. The van der Waals surface area contributed by atoms with Crippen LogP contribution in [0.2, 0.25) is 0 Å². The number of rotatable bonds is 3. The van der Waals surface area contributed by atoms with Crippen molar-refractivity contribution < 1.29 is 22.7 Å². The second kappa shape index (κ2) is 4.66. The van der Waals surface area contributed by atoms with Crippen LogP contribution < -0.4 is 0 Å². The van der Waals surface area contributed by atoms with Crippen molar-refractivity contribution in [3.8, 4) is 0 Å². The normalized spacial score (nSPS) is 16.6. The minimum Gasteiger partial charge on any atom is -0.463 e. The first-order valence-corrected chi connectivity index (χ1v) is 4.43. The van der Waals surface area contributed by atoms with Crippen molar-refractivity contribution in [3.63, 3.8) is 0 Å². The van der Waals surface area contributed by atoms with E-state index in [1.807, 2.05) is 0 Å². The molecular weight excluding hydrogens is 197 g/mol. The molecule has 5 heteroatoms. The molecule has 0 heterocycles. The van der Waals surface area contributed by atoms with Crippen LogP contribution in [0.1, 0.15) is 27.7 Å². The number of hydrogen-bond donors (Lipinski definition) is 0. The smallest absolute Gasteiger partial charge is 0.392 e. The van der Waals surface area contributed by atoms with Gasteiger partial charge >= 0.3 is 12.1 Å². The summed E-state index contributed by atoms with van der Waals surface area (Å²) in [5.74, 6) is -3.63. The van der Waals surface area contributed by atoms with Crippen LogP contribution in [0, 0.1) is 11.8 Å². The molecule has 14 heavy (non-hydrogen) atoms. The topological polar surface area (TPSA) is 26.3 Å². The lowest BCUT2D eigenvalue weighted by molar-refractivity contribution is -0.193. The predicted molar refractivity (Wildman–Crippen MR) is 45.6 cm³/mol. The molecule has 0 radical (unpaired) electrons. The Hall–Kier alpha value is -0.740. The first-order chi connectivity index (χ1) is 6.16. The zero-order valence-corrected chi connectivity index (χ0v) is 8.68. The van der Waals surface area contributed by atoms with Crippen molar-refractivity contribution in [1.82, 2.24) is 0 Å². The first kappa shape index (κ1) is 13.3. The lowest BCUT2D eigenvalue weighted by Gasteiger charge is -2.22. The van der Waals surface area contributed by atoms with Crippen molar-refractivity contribution in [2.75, 3.05) is 0 Å². The summed E-state index contributed by atoms with van der Waals surface area (Å²) >= 11 is 0. The molecule has 2 unspecified atom stereocenters. The molecule has 0 aliphatic heterocycles. The second-order valence-electron chi connectivity index (χ2n) is 3.60. The van der Waals surface area contributed by atoms with Crippen molar-refractivity contribution >= 4 is 5.97 Å². The van der Waals surface area contributed by atoms with E-state index >= 15 is 0 Å². The largest absolute Gasteiger partial charge is 0.463 e. The van der Waals surface area contributed by atoms with Crippen LogP contribution in [0.3, 0.4) is 0 Å². The third-order valence-electron chi connectivity index (χ3n) is 1.99. The van der Waals surface area contributed by atoms with Crippen LogP contribution in [-0.4, -0.2) is 18.2 Å². The number of alkyl halides is 3. The highest BCUT2D eigenvalue weighted by Crippen LogP contribution is 2.32. The van der Waals surface area contributed by atoms with Gasteiger partial charge in [0.1, 0.15) is 0 Å². The molecule has 0 aliphatic carbocycles. The van der Waals surface area contributed by atoms with Crippen LogP contribution in [0.5, 0.6) is 0 Å². The number of ether oxygens (including phenoxy) is 1. The van der Waals surface area contributed by atoms with Gasteiger partial charge in [0.05, 0.1) is 17.9 Å². The Morgan fingerprint density at radius 1 is 1.14 bits per heavy atom. The molecule has 0 spiro atoms. The molecule has 2 nitrogen and oxygen atoms in total. The maximum absolute atomic E-state index is 12.2. The lowest BCUT2D eigenvalue weighted by Crippen LogP contribution is -2.33. The Balaban J connectivity index is 4.32. The van der Waals surface area contributed by atoms with E-state index in [1.54, 1.807) is 13.8 Å². The highest BCUT2D eigenvalue weighted by molar-refractivity contribution is 5.72. The van der Waals surface area contributed by atoms with Gasteiger partial charge < -0.3 is 4.74 Å². The van der Waals surface area contributed by atoms with Gasteiger partial charge in [-0.25, -0.2) is 0 Å². The van der Waals surface area contributed by atoms with Crippen molar-refractivity contribution in [2.24, 2.45) is 11.8 Å². The van der Waals surface area contributed by atoms with Gasteiger partial charge in [0.25, 0.3) is 0 Å². The maximum atomic E-state index is 12.2. The maximum Gasteiger partial charge on any atom is 0.392 e. The van der Waals surface area contributed by atoms with E-state index < -0.39 is 24.0 Å². The van der Waals surface area contributed by atoms with E-state index in [9.17, 15) is 18.0 Å². The van der Waals surface area contributed by atoms with Crippen molar-refractivity contribution in [2.45, 2.75) is 40.0 Å². The highest BCUT2D eigenvalue weighted by Gasteiger charge is 2.42. The molecule has 0 rings (SSSR count). The average Bonchev–Trinajstić information content (AvgIpc) is 1.98. The summed E-state index contributed by atoms with van der Waals surface area (Å²) in [5, 5.41) is 0. The molecule has 0 aromatic heterocycles. The molecule has 0 N–H and O–H groups in total. The molecule has 0 aromatic rings. The summed E-state index contributed by atoms with van der Waals surface area (Å²) in [5.41, 5.74) is 0. The predicted octanol–water partition coefficient (Wildman–Crippen LogP) is 2.77. The average molecular weight is 212 g/mol. The second-order valence-corrected chi connectivity index (χ2v) is 3.60. The number of carbonyl (C=O) groups is 1. The van der Waals surface area contributed by atoms with Gasteiger partial charge in [-0.05, 0) is 13.8 Å². The fourth-order valence-corrected chi connectivity index (χ4v) is 0.827. The quantitative estimate of drug-likeness (QED) is 0.672. The molecule has 2 atom stereocenters. The Kier molecular flexibility index (Phi) is 4.42. The molecule has 0 aromatic carbocycles. The summed E-state index contributed by atoms with van der Waals surface area (Å²) in [7, 11) is 0. The molecule has 0 amide bonds. The molecule has 0 saturated heterocycles. The molecule has 0 bridgehead atoms. The SMILES string of the molecule is CC(C)OC(=O)C(C)C(C)C(F)(F)F. The first-order valence-electron chi connectivity index (χ1n) is 4.43. The third-order valence-corrected chi connectivity index (χ3v) is 1.99. The van der Waals surface area contributed by atoms with E-state index in [2.05, 4.69) is 4.74 Å². The number of halogens is 3. The van der Waals surface area contributed by atoms with Crippen LogP contribution in [0.25, 0.3) is 0 Å². The van der Waals surface area contributed by atoms with Gasteiger partial charge in [0.2, 0.25) is 0 Å². The van der Waals surface area contributed by atoms with Crippen molar-refractivity contribution in [3.05, 3.63) is 0 Å². The van der Waals surface area contributed by atoms with Crippen LogP contribution in [0.4, 0.5) is 13.2 Å². The Labute approximate surface area is 81.4 Å². The fraction of sp³-hybridized carbons (Fsp3) is 0.889. The zero-order chi connectivity index (χ0) is 11.5. The monoisotopic (exact) mass is 212 g/mol. The minimum atomic E-state index is -4.35. The standard InChI is InChI=1S/C9H15F3O2/c1-5(2)14-8(13)6(3)7(4)9(10,11)12/h5-7H,1-4H3. The third kappa shape index (κ3) is 3.98. The van der Waals surface area contributed by atoms with Crippen molar-refractivity contribution in [1.29, 1.82) is 0 Å². The molecule has 84 valence electrons. The van der Waals surface area contributed by atoms with E-state index in [4.69, 9.17) is 0 Å². The van der Waals surface area contributed by atoms with E-state index in [1.165, 1.54) is 6.92 Å². The Bertz CT molecular complexity index is 199.